The number of nitrogens with two attached hydrogens (primary N) is 1. The van der Waals surface area contributed by atoms with E-state index in [0.29, 0.717) is 10.7 Å². The average Bonchev–Trinajstić information content (AvgIpc) is 2.41. The normalized spacial score (nSPS) is 16.9. The summed E-state index contributed by atoms with van der Waals surface area (Å²) in [5.74, 6) is -0.470. The number of hydrogen-bond acceptors (Lipinski definition) is 4. The molecular formula is C13H17ClN4O2. The SMILES string of the molecule is NC(=O)CN1CCC(NC(=O)c2ccc(Cl)nc2)CC1. The van der Waals surface area contributed by atoms with Gasteiger partial charge in [0.05, 0.1) is 12.1 Å². The van der Waals surface area contributed by atoms with Gasteiger partial charge in [0.15, 0.2) is 0 Å². The zero-order valence-electron chi connectivity index (χ0n) is 11.0. The van der Waals surface area contributed by atoms with Gasteiger partial charge >= 0.3 is 0 Å². The number of pyridine rings is 1. The highest BCUT2D eigenvalue weighted by Gasteiger charge is 2.21. The van der Waals surface area contributed by atoms with Crippen LogP contribution in [0.2, 0.25) is 5.15 Å². The molecule has 1 aromatic rings. The van der Waals surface area contributed by atoms with Crippen LogP contribution in [0.5, 0.6) is 0 Å². The molecule has 0 unspecified atom stereocenters. The molecule has 6 nitrogen and oxygen atoms in total. The quantitative estimate of drug-likeness (QED) is 0.788. The Morgan fingerprint density at radius 1 is 1.40 bits per heavy atom. The van der Waals surface area contributed by atoms with Crippen LogP contribution < -0.4 is 11.1 Å². The maximum absolute atomic E-state index is 12.0. The molecule has 108 valence electrons. The topological polar surface area (TPSA) is 88.3 Å². The van der Waals surface area contributed by atoms with Crippen molar-refractivity contribution in [2.45, 2.75) is 18.9 Å². The highest BCUT2D eigenvalue weighted by atomic mass is 35.5. The molecule has 1 saturated heterocycles. The third-order valence-corrected chi connectivity index (χ3v) is 3.52. The zero-order valence-corrected chi connectivity index (χ0v) is 11.8. The largest absolute Gasteiger partial charge is 0.369 e. The van der Waals surface area contributed by atoms with Crippen molar-refractivity contribution in [2.24, 2.45) is 5.73 Å². The van der Waals surface area contributed by atoms with Gasteiger partial charge in [-0.2, -0.15) is 0 Å². The van der Waals surface area contributed by atoms with E-state index in [2.05, 4.69) is 10.3 Å². The Kier molecular flexibility index (Phi) is 4.92. The van der Waals surface area contributed by atoms with Gasteiger partial charge in [-0.15, -0.1) is 0 Å². The fraction of sp³-hybridized carbons (Fsp3) is 0.462. The maximum atomic E-state index is 12.0. The monoisotopic (exact) mass is 296 g/mol. The Labute approximate surface area is 122 Å². The number of hydrogen-bond donors (Lipinski definition) is 2. The van der Waals surface area contributed by atoms with Gasteiger partial charge in [0, 0.05) is 25.3 Å². The number of nitrogens with zero attached hydrogens (tertiary/aromatic N) is 2. The van der Waals surface area contributed by atoms with Crippen molar-refractivity contribution >= 4 is 23.4 Å². The Morgan fingerprint density at radius 2 is 2.10 bits per heavy atom. The number of primary amides is 1. The third-order valence-electron chi connectivity index (χ3n) is 3.29. The second-order valence-corrected chi connectivity index (χ2v) is 5.25. The van der Waals surface area contributed by atoms with Gasteiger partial charge in [-0.3, -0.25) is 14.5 Å². The lowest BCUT2D eigenvalue weighted by Gasteiger charge is -2.31. The van der Waals surface area contributed by atoms with Gasteiger partial charge in [-0.1, -0.05) is 11.6 Å². The number of aromatic nitrogens is 1. The maximum Gasteiger partial charge on any atom is 0.253 e. The van der Waals surface area contributed by atoms with E-state index in [0.717, 1.165) is 25.9 Å². The smallest absolute Gasteiger partial charge is 0.253 e. The molecule has 2 heterocycles. The van der Waals surface area contributed by atoms with Crippen molar-refractivity contribution in [1.29, 1.82) is 0 Å². The van der Waals surface area contributed by atoms with Gasteiger partial charge in [-0.05, 0) is 25.0 Å². The van der Waals surface area contributed by atoms with Gasteiger partial charge in [0.1, 0.15) is 5.15 Å². The van der Waals surface area contributed by atoms with E-state index in [9.17, 15) is 9.59 Å². The number of carbonyl (C=O) groups excluding carboxylic acids is 2. The van der Waals surface area contributed by atoms with Crippen LogP contribution in [0.15, 0.2) is 18.3 Å². The van der Waals surface area contributed by atoms with Crippen molar-refractivity contribution in [1.82, 2.24) is 15.2 Å². The lowest BCUT2D eigenvalue weighted by Crippen LogP contribution is -2.46. The standard InChI is InChI=1S/C13H17ClN4O2/c14-11-2-1-9(7-16-11)13(20)17-10-3-5-18(6-4-10)8-12(15)19/h1-2,7,10H,3-6,8H2,(H2,15,19)(H,17,20). The van der Waals surface area contributed by atoms with Crippen molar-refractivity contribution < 1.29 is 9.59 Å². The number of amides is 2. The summed E-state index contributed by atoms with van der Waals surface area (Å²) in [6, 6.07) is 3.35. The van der Waals surface area contributed by atoms with E-state index < -0.39 is 0 Å². The second-order valence-electron chi connectivity index (χ2n) is 4.86. The van der Waals surface area contributed by atoms with E-state index in [1.54, 1.807) is 12.1 Å². The molecule has 0 saturated carbocycles. The highest BCUT2D eigenvalue weighted by Crippen LogP contribution is 2.11. The minimum absolute atomic E-state index is 0.113. The molecule has 1 fully saturated rings. The second kappa shape index (κ2) is 6.67. The van der Waals surface area contributed by atoms with E-state index in [1.165, 1.54) is 6.20 Å². The average molecular weight is 297 g/mol. The molecule has 7 heteroatoms. The first-order chi connectivity index (χ1) is 9.54. The Hall–Kier alpha value is -1.66. The summed E-state index contributed by atoms with van der Waals surface area (Å²) in [5.41, 5.74) is 5.65. The van der Waals surface area contributed by atoms with Crippen LogP contribution in [0.25, 0.3) is 0 Å². The van der Waals surface area contributed by atoms with Gasteiger partial charge in [0.25, 0.3) is 5.91 Å². The predicted molar refractivity (Wildman–Crippen MR) is 75.4 cm³/mol. The van der Waals surface area contributed by atoms with E-state index in [1.807, 2.05) is 4.90 Å². The molecule has 3 N–H and O–H groups in total. The number of rotatable bonds is 4. The van der Waals surface area contributed by atoms with E-state index in [4.69, 9.17) is 17.3 Å². The molecule has 1 aliphatic rings. The summed E-state index contributed by atoms with van der Waals surface area (Å²) in [7, 11) is 0. The summed E-state index contributed by atoms with van der Waals surface area (Å²) in [4.78, 5) is 28.7. The van der Waals surface area contributed by atoms with E-state index >= 15 is 0 Å². The first-order valence-corrected chi connectivity index (χ1v) is 6.85. The lowest BCUT2D eigenvalue weighted by molar-refractivity contribution is -0.119. The highest BCUT2D eigenvalue weighted by molar-refractivity contribution is 6.29. The summed E-state index contributed by atoms with van der Waals surface area (Å²) in [6.07, 6.45) is 3.07. The molecule has 0 spiro atoms. The molecule has 2 rings (SSSR count). The first kappa shape index (κ1) is 14.7. The predicted octanol–water partition coefficient (Wildman–Crippen LogP) is 0.415. The number of likely N-dealkylation sites (tertiary alicyclic amines) is 1. The van der Waals surface area contributed by atoms with Crippen LogP contribution >= 0.6 is 11.6 Å². The molecule has 1 aromatic heterocycles. The number of carbonyl (C=O) groups is 2. The molecular weight excluding hydrogens is 280 g/mol. The van der Waals surface area contributed by atoms with Crippen LogP contribution in [0.3, 0.4) is 0 Å². The fourth-order valence-corrected chi connectivity index (χ4v) is 2.35. The van der Waals surface area contributed by atoms with Crippen LogP contribution in [0, 0.1) is 0 Å². The molecule has 0 aliphatic carbocycles. The molecule has 0 bridgehead atoms. The Balaban J connectivity index is 1.82. The number of piperidine rings is 1. The lowest BCUT2D eigenvalue weighted by atomic mass is 10.0. The summed E-state index contributed by atoms with van der Waals surface area (Å²) in [5, 5.41) is 3.33. The molecule has 0 radical (unpaired) electrons. The molecule has 0 atom stereocenters. The third kappa shape index (κ3) is 4.18. The van der Waals surface area contributed by atoms with Crippen molar-refractivity contribution in [3.05, 3.63) is 29.0 Å². The molecule has 1 aliphatic heterocycles. The van der Waals surface area contributed by atoms with Crippen LogP contribution in [0.4, 0.5) is 0 Å². The first-order valence-electron chi connectivity index (χ1n) is 6.47. The molecule has 20 heavy (non-hydrogen) atoms. The number of halogens is 1. The van der Waals surface area contributed by atoms with Crippen molar-refractivity contribution in [3.63, 3.8) is 0 Å². The van der Waals surface area contributed by atoms with Crippen LogP contribution in [-0.4, -0.2) is 47.4 Å². The van der Waals surface area contributed by atoms with E-state index in [-0.39, 0.29) is 24.4 Å². The minimum atomic E-state index is -0.320. The van der Waals surface area contributed by atoms with Gasteiger partial charge in [-0.25, -0.2) is 4.98 Å². The summed E-state index contributed by atoms with van der Waals surface area (Å²) < 4.78 is 0. The fourth-order valence-electron chi connectivity index (χ4n) is 2.23. The summed E-state index contributed by atoms with van der Waals surface area (Å²) in [6.45, 7) is 1.79. The van der Waals surface area contributed by atoms with Crippen LogP contribution in [0.1, 0.15) is 23.2 Å². The zero-order chi connectivity index (χ0) is 14.5. The number of nitrogens with one attached hydrogen (secondary N) is 1. The molecule has 0 aromatic carbocycles. The Morgan fingerprint density at radius 3 is 2.65 bits per heavy atom. The van der Waals surface area contributed by atoms with Gasteiger partial charge < -0.3 is 11.1 Å². The summed E-state index contributed by atoms with van der Waals surface area (Å²) >= 11 is 5.68. The van der Waals surface area contributed by atoms with Gasteiger partial charge in [0.2, 0.25) is 5.91 Å². The minimum Gasteiger partial charge on any atom is -0.369 e. The Bertz CT molecular complexity index is 484. The van der Waals surface area contributed by atoms with Crippen molar-refractivity contribution in [3.8, 4) is 0 Å². The molecule has 2 amide bonds. The van der Waals surface area contributed by atoms with Crippen molar-refractivity contribution in [2.75, 3.05) is 19.6 Å². The van der Waals surface area contributed by atoms with Crippen LogP contribution in [-0.2, 0) is 4.79 Å².